The second-order valence-electron chi connectivity index (χ2n) is 7.53. The van der Waals surface area contributed by atoms with E-state index >= 15 is 0 Å². The van der Waals surface area contributed by atoms with Crippen molar-refractivity contribution in [2.75, 3.05) is 39.8 Å². The molecule has 0 aromatic heterocycles. The maximum Gasteiger partial charge on any atom is 0.220 e. The Morgan fingerprint density at radius 2 is 1.85 bits per heavy atom. The number of carbonyl (C=O) groups is 1. The molecule has 0 bridgehead atoms. The Bertz CT molecular complexity index is 434. The summed E-state index contributed by atoms with van der Waals surface area (Å²) in [6.07, 6.45) is 10.7. The lowest BCUT2D eigenvalue weighted by atomic mass is 9.93. The number of rotatable bonds is 8. The third-order valence-electron chi connectivity index (χ3n) is 5.47. The van der Waals surface area contributed by atoms with Crippen molar-refractivity contribution >= 4 is 35.8 Å². The van der Waals surface area contributed by atoms with Gasteiger partial charge in [-0.3, -0.25) is 9.79 Å². The Morgan fingerprint density at radius 1 is 1.15 bits per heavy atom. The van der Waals surface area contributed by atoms with Crippen LogP contribution in [0.15, 0.2) is 4.99 Å². The molecule has 2 fully saturated rings. The summed E-state index contributed by atoms with van der Waals surface area (Å²) in [5.41, 5.74) is 0. The highest BCUT2D eigenvalue weighted by atomic mass is 127. The maximum atomic E-state index is 11.5. The number of nitrogens with zero attached hydrogens (tertiary/aromatic N) is 2. The molecule has 2 rings (SSSR count). The fourth-order valence-electron chi connectivity index (χ4n) is 3.87. The third kappa shape index (κ3) is 9.45. The summed E-state index contributed by atoms with van der Waals surface area (Å²) in [6, 6.07) is 0. The average molecular weight is 494 g/mol. The SMILES string of the molecule is CCNC(=NCCCOC1CCCCC1)N1CCC(CC(=O)NC)CC1.I. The maximum absolute atomic E-state index is 11.5. The van der Waals surface area contributed by atoms with E-state index in [1.165, 1.54) is 32.1 Å². The van der Waals surface area contributed by atoms with E-state index in [-0.39, 0.29) is 29.9 Å². The summed E-state index contributed by atoms with van der Waals surface area (Å²) in [5.74, 6) is 1.67. The first-order valence-electron chi connectivity index (χ1n) is 10.6. The standard InChI is InChI=1S/C20H38N4O2.HI/c1-3-22-20(23-12-7-15-26-18-8-5-4-6-9-18)24-13-10-17(11-14-24)16-19(25)21-2;/h17-18H,3-16H2,1-2H3,(H,21,25)(H,22,23);1H. The Balaban J connectivity index is 0.00000364. The summed E-state index contributed by atoms with van der Waals surface area (Å²) >= 11 is 0. The number of ether oxygens (including phenoxy) is 1. The number of hydrogen-bond donors (Lipinski definition) is 2. The Kier molecular flexibility index (Phi) is 13.1. The molecule has 27 heavy (non-hydrogen) atoms. The Morgan fingerprint density at radius 3 is 2.48 bits per heavy atom. The highest BCUT2D eigenvalue weighted by Gasteiger charge is 2.23. The number of likely N-dealkylation sites (tertiary alicyclic amines) is 1. The number of carbonyl (C=O) groups excluding carboxylic acids is 1. The van der Waals surface area contributed by atoms with Crippen molar-refractivity contribution in [3.8, 4) is 0 Å². The number of hydrogen-bond acceptors (Lipinski definition) is 3. The summed E-state index contributed by atoms with van der Waals surface area (Å²) in [6.45, 7) is 6.59. The van der Waals surface area contributed by atoms with E-state index in [0.29, 0.717) is 18.4 Å². The zero-order valence-corrected chi connectivity index (χ0v) is 19.5. The molecule has 0 atom stereocenters. The Labute approximate surface area is 182 Å². The van der Waals surface area contributed by atoms with E-state index < -0.39 is 0 Å². The van der Waals surface area contributed by atoms with Gasteiger partial charge in [0.1, 0.15) is 0 Å². The second-order valence-corrected chi connectivity index (χ2v) is 7.53. The molecule has 1 heterocycles. The van der Waals surface area contributed by atoms with Gasteiger partial charge in [-0.25, -0.2) is 0 Å². The van der Waals surface area contributed by atoms with E-state index in [4.69, 9.17) is 9.73 Å². The van der Waals surface area contributed by atoms with E-state index in [1.54, 1.807) is 7.05 Å². The molecule has 2 aliphatic rings. The van der Waals surface area contributed by atoms with Gasteiger partial charge in [0, 0.05) is 46.3 Å². The van der Waals surface area contributed by atoms with Crippen LogP contribution in [0.1, 0.15) is 64.7 Å². The molecule has 7 heteroatoms. The molecule has 0 unspecified atom stereocenters. The normalized spacial score (nSPS) is 19.5. The van der Waals surface area contributed by atoms with E-state index in [0.717, 1.165) is 58.0 Å². The lowest BCUT2D eigenvalue weighted by molar-refractivity contribution is -0.121. The molecular formula is C20H39IN4O2. The van der Waals surface area contributed by atoms with Crippen LogP contribution in [-0.4, -0.2) is 62.7 Å². The van der Waals surface area contributed by atoms with Gasteiger partial charge in [-0.1, -0.05) is 19.3 Å². The second kappa shape index (κ2) is 14.4. The van der Waals surface area contributed by atoms with Gasteiger partial charge in [0.15, 0.2) is 5.96 Å². The minimum atomic E-state index is 0. The number of halogens is 1. The van der Waals surface area contributed by atoms with Crippen LogP contribution in [0.25, 0.3) is 0 Å². The monoisotopic (exact) mass is 494 g/mol. The predicted octanol–water partition coefficient (Wildman–Crippen LogP) is 3.16. The van der Waals surface area contributed by atoms with Gasteiger partial charge >= 0.3 is 0 Å². The van der Waals surface area contributed by atoms with Crippen molar-refractivity contribution in [3.05, 3.63) is 0 Å². The first-order valence-corrected chi connectivity index (χ1v) is 10.6. The smallest absolute Gasteiger partial charge is 0.220 e. The van der Waals surface area contributed by atoms with Crippen molar-refractivity contribution < 1.29 is 9.53 Å². The lowest BCUT2D eigenvalue weighted by Crippen LogP contribution is -2.46. The fraction of sp³-hybridized carbons (Fsp3) is 0.900. The highest BCUT2D eigenvalue weighted by Crippen LogP contribution is 2.21. The third-order valence-corrected chi connectivity index (χ3v) is 5.47. The molecule has 1 amide bonds. The zero-order valence-electron chi connectivity index (χ0n) is 17.2. The van der Waals surface area contributed by atoms with Gasteiger partial charge in [-0.05, 0) is 44.9 Å². The van der Waals surface area contributed by atoms with Crippen LogP contribution in [0.5, 0.6) is 0 Å². The minimum absolute atomic E-state index is 0. The summed E-state index contributed by atoms with van der Waals surface area (Å²) in [7, 11) is 1.71. The summed E-state index contributed by atoms with van der Waals surface area (Å²) < 4.78 is 5.99. The van der Waals surface area contributed by atoms with Gasteiger partial charge in [0.2, 0.25) is 5.91 Å². The Hall–Kier alpha value is -0.570. The number of piperidine rings is 1. The molecule has 1 aliphatic heterocycles. The van der Waals surface area contributed by atoms with Crippen LogP contribution in [0, 0.1) is 5.92 Å². The van der Waals surface area contributed by atoms with Crippen LogP contribution >= 0.6 is 24.0 Å². The van der Waals surface area contributed by atoms with Crippen LogP contribution in [-0.2, 0) is 9.53 Å². The number of amides is 1. The molecule has 2 N–H and O–H groups in total. The van der Waals surface area contributed by atoms with Crippen molar-refractivity contribution in [2.45, 2.75) is 70.8 Å². The lowest BCUT2D eigenvalue weighted by Gasteiger charge is -2.34. The molecular weight excluding hydrogens is 455 g/mol. The number of nitrogens with one attached hydrogen (secondary N) is 2. The van der Waals surface area contributed by atoms with E-state index in [2.05, 4.69) is 22.5 Å². The van der Waals surface area contributed by atoms with Crippen LogP contribution in [0.2, 0.25) is 0 Å². The molecule has 6 nitrogen and oxygen atoms in total. The predicted molar refractivity (Wildman–Crippen MR) is 122 cm³/mol. The fourth-order valence-corrected chi connectivity index (χ4v) is 3.87. The van der Waals surface area contributed by atoms with Gasteiger partial charge in [-0.15, -0.1) is 24.0 Å². The van der Waals surface area contributed by atoms with E-state index in [9.17, 15) is 4.79 Å². The molecule has 1 saturated heterocycles. The first-order chi connectivity index (χ1) is 12.7. The van der Waals surface area contributed by atoms with Gasteiger partial charge in [0.25, 0.3) is 0 Å². The number of guanidine groups is 1. The largest absolute Gasteiger partial charge is 0.378 e. The summed E-state index contributed by atoms with van der Waals surface area (Å²) in [4.78, 5) is 18.7. The molecule has 1 saturated carbocycles. The van der Waals surface area contributed by atoms with Crippen molar-refractivity contribution in [1.82, 2.24) is 15.5 Å². The van der Waals surface area contributed by atoms with Crippen molar-refractivity contribution in [1.29, 1.82) is 0 Å². The van der Waals surface area contributed by atoms with Gasteiger partial charge < -0.3 is 20.3 Å². The molecule has 1 aliphatic carbocycles. The molecule has 0 radical (unpaired) electrons. The van der Waals surface area contributed by atoms with Crippen molar-refractivity contribution in [2.24, 2.45) is 10.9 Å². The minimum Gasteiger partial charge on any atom is -0.378 e. The van der Waals surface area contributed by atoms with Crippen LogP contribution < -0.4 is 10.6 Å². The van der Waals surface area contributed by atoms with E-state index in [1.807, 2.05) is 0 Å². The van der Waals surface area contributed by atoms with Crippen molar-refractivity contribution in [3.63, 3.8) is 0 Å². The van der Waals surface area contributed by atoms with Gasteiger partial charge in [-0.2, -0.15) is 0 Å². The number of aliphatic imine (C=N–C) groups is 1. The molecule has 0 aromatic carbocycles. The first kappa shape index (κ1) is 24.5. The van der Waals surface area contributed by atoms with Crippen LogP contribution in [0.4, 0.5) is 0 Å². The average Bonchev–Trinajstić information content (AvgIpc) is 2.68. The topological polar surface area (TPSA) is 66.0 Å². The van der Waals surface area contributed by atoms with Gasteiger partial charge in [0.05, 0.1) is 6.10 Å². The molecule has 0 spiro atoms. The summed E-state index contributed by atoms with van der Waals surface area (Å²) in [5, 5.41) is 6.14. The molecule has 0 aromatic rings. The quantitative estimate of drug-likeness (QED) is 0.236. The highest BCUT2D eigenvalue weighted by molar-refractivity contribution is 14.0. The van der Waals surface area contributed by atoms with Crippen LogP contribution in [0.3, 0.4) is 0 Å². The molecule has 158 valence electrons. The zero-order chi connectivity index (χ0) is 18.6.